The van der Waals surface area contributed by atoms with Crippen LogP contribution in [0.15, 0.2) is 42.7 Å². The Morgan fingerprint density at radius 1 is 1.22 bits per heavy atom. The average Bonchev–Trinajstić information content (AvgIpc) is 2.40. The van der Waals surface area contributed by atoms with Crippen molar-refractivity contribution >= 4 is 11.6 Å². The minimum Gasteiger partial charge on any atom is -0.313 e. The number of hydrogen-bond acceptors (Lipinski definition) is 2. The van der Waals surface area contributed by atoms with E-state index in [1.807, 2.05) is 18.3 Å². The predicted octanol–water partition coefficient (Wildman–Crippen LogP) is 3.44. The standard InChI is InChI=1S/C15H17ClN2/c1-2-17-10-13-5-6-14(15(16)9-13)8-12-4-3-7-18-11-12/h3-7,9,11,17H,2,8,10H2,1H3. The molecule has 0 saturated carbocycles. The first-order valence-electron chi connectivity index (χ1n) is 6.16. The van der Waals surface area contributed by atoms with Gasteiger partial charge in [0.2, 0.25) is 0 Å². The molecule has 0 aliphatic carbocycles. The van der Waals surface area contributed by atoms with E-state index < -0.39 is 0 Å². The maximum atomic E-state index is 6.31. The Bertz CT molecular complexity index is 497. The van der Waals surface area contributed by atoms with Crippen LogP contribution in [0.2, 0.25) is 5.02 Å². The van der Waals surface area contributed by atoms with Gasteiger partial charge in [-0.2, -0.15) is 0 Å². The van der Waals surface area contributed by atoms with Gasteiger partial charge in [0.1, 0.15) is 0 Å². The van der Waals surface area contributed by atoms with E-state index in [0.29, 0.717) is 0 Å². The zero-order chi connectivity index (χ0) is 12.8. The van der Waals surface area contributed by atoms with Crippen LogP contribution in [0.4, 0.5) is 0 Å². The zero-order valence-corrected chi connectivity index (χ0v) is 11.2. The van der Waals surface area contributed by atoms with Crippen LogP contribution in [-0.4, -0.2) is 11.5 Å². The summed E-state index contributed by atoms with van der Waals surface area (Å²) in [6.07, 6.45) is 4.49. The van der Waals surface area contributed by atoms with Crippen molar-refractivity contribution in [3.8, 4) is 0 Å². The zero-order valence-electron chi connectivity index (χ0n) is 10.5. The number of aromatic nitrogens is 1. The number of nitrogens with zero attached hydrogens (tertiary/aromatic N) is 1. The first-order valence-corrected chi connectivity index (χ1v) is 6.54. The van der Waals surface area contributed by atoms with E-state index in [4.69, 9.17) is 11.6 Å². The predicted molar refractivity (Wildman–Crippen MR) is 75.9 cm³/mol. The van der Waals surface area contributed by atoms with E-state index in [0.717, 1.165) is 30.1 Å². The monoisotopic (exact) mass is 260 g/mol. The minimum absolute atomic E-state index is 0.828. The molecule has 1 aromatic carbocycles. The summed E-state index contributed by atoms with van der Waals surface area (Å²) in [4.78, 5) is 4.12. The molecule has 0 aliphatic heterocycles. The van der Waals surface area contributed by atoms with Crippen molar-refractivity contribution < 1.29 is 0 Å². The molecule has 0 unspecified atom stereocenters. The molecule has 0 aliphatic rings. The summed E-state index contributed by atoms with van der Waals surface area (Å²) in [6.45, 7) is 3.93. The average molecular weight is 261 g/mol. The number of hydrogen-bond donors (Lipinski definition) is 1. The van der Waals surface area contributed by atoms with E-state index in [2.05, 4.69) is 35.4 Å². The second-order valence-corrected chi connectivity index (χ2v) is 4.65. The SMILES string of the molecule is CCNCc1ccc(Cc2cccnc2)c(Cl)c1. The highest BCUT2D eigenvalue weighted by Gasteiger charge is 2.03. The number of rotatable bonds is 5. The molecule has 2 rings (SSSR count). The molecule has 3 heteroatoms. The molecule has 0 radical (unpaired) electrons. The normalized spacial score (nSPS) is 10.6. The molecule has 2 aromatic rings. The number of halogens is 1. The van der Waals surface area contributed by atoms with Crippen LogP contribution in [0, 0.1) is 0 Å². The lowest BCUT2D eigenvalue weighted by Gasteiger charge is -2.07. The lowest BCUT2D eigenvalue weighted by atomic mass is 10.0. The van der Waals surface area contributed by atoms with Crippen molar-refractivity contribution in [3.63, 3.8) is 0 Å². The summed E-state index contributed by atoms with van der Waals surface area (Å²) < 4.78 is 0. The largest absolute Gasteiger partial charge is 0.313 e. The molecule has 18 heavy (non-hydrogen) atoms. The highest BCUT2D eigenvalue weighted by atomic mass is 35.5. The molecule has 1 aromatic heterocycles. The van der Waals surface area contributed by atoms with E-state index in [-0.39, 0.29) is 0 Å². The summed E-state index contributed by atoms with van der Waals surface area (Å²) in [7, 11) is 0. The van der Waals surface area contributed by atoms with Crippen molar-refractivity contribution in [2.75, 3.05) is 6.54 Å². The van der Waals surface area contributed by atoms with Crippen LogP contribution in [0.3, 0.4) is 0 Å². The molecule has 1 heterocycles. The lowest BCUT2D eigenvalue weighted by molar-refractivity contribution is 0.726. The molecule has 94 valence electrons. The lowest BCUT2D eigenvalue weighted by Crippen LogP contribution is -2.11. The second-order valence-electron chi connectivity index (χ2n) is 4.24. The van der Waals surface area contributed by atoms with Crippen molar-refractivity contribution in [2.24, 2.45) is 0 Å². The third kappa shape index (κ3) is 3.56. The highest BCUT2D eigenvalue weighted by Crippen LogP contribution is 2.20. The van der Waals surface area contributed by atoms with Crippen LogP contribution >= 0.6 is 11.6 Å². The second kappa shape index (κ2) is 6.53. The van der Waals surface area contributed by atoms with E-state index >= 15 is 0 Å². The number of nitrogens with one attached hydrogen (secondary N) is 1. The van der Waals surface area contributed by atoms with Crippen LogP contribution in [0.1, 0.15) is 23.6 Å². The molecule has 0 saturated heterocycles. The van der Waals surface area contributed by atoms with Crippen molar-refractivity contribution in [1.29, 1.82) is 0 Å². The first kappa shape index (κ1) is 13.1. The smallest absolute Gasteiger partial charge is 0.0444 e. The fourth-order valence-electron chi connectivity index (χ4n) is 1.84. The van der Waals surface area contributed by atoms with Gasteiger partial charge in [0.25, 0.3) is 0 Å². The Balaban J connectivity index is 2.10. The molecule has 2 nitrogen and oxygen atoms in total. The maximum absolute atomic E-state index is 6.31. The Labute approximate surface area is 113 Å². The fraction of sp³-hybridized carbons (Fsp3) is 0.267. The van der Waals surface area contributed by atoms with Crippen molar-refractivity contribution in [2.45, 2.75) is 19.9 Å². The van der Waals surface area contributed by atoms with Gasteiger partial charge in [-0.25, -0.2) is 0 Å². The van der Waals surface area contributed by atoms with Crippen LogP contribution in [-0.2, 0) is 13.0 Å². The van der Waals surface area contributed by atoms with Gasteiger partial charge in [-0.3, -0.25) is 4.98 Å². The quantitative estimate of drug-likeness (QED) is 0.891. The molecule has 1 N–H and O–H groups in total. The summed E-state index contributed by atoms with van der Waals surface area (Å²) in [5.74, 6) is 0. The topological polar surface area (TPSA) is 24.9 Å². The minimum atomic E-state index is 0.828. The molecule has 0 fully saturated rings. The number of pyridine rings is 1. The van der Waals surface area contributed by atoms with Crippen LogP contribution < -0.4 is 5.32 Å². The molecular formula is C15H17ClN2. The summed E-state index contributed by atoms with van der Waals surface area (Å²) in [5.41, 5.74) is 3.54. The van der Waals surface area contributed by atoms with E-state index in [9.17, 15) is 0 Å². The van der Waals surface area contributed by atoms with Gasteiger partial charge < -0.3 is 5.32 Å². The highest BCUT2D eigenvalue weighted by molar-refractivity contribution is 6.31. The van der Waals surface area contributed by atoms with Gasteiger partial charge in [-0.15, -0.1) is 0 Å². The van der Waals surface area contributed by atoms with Crippen LogP contribution in [0.25, 0.3) is 0 Å². The van der Waals surface area contributed by atoms with Gasteiger partial charge in [0.15, 0.2) is 0 Å². The summed E-state index contributed by atoms with van der Waals surface area (Å²) >= 11 is 6.31. The Morgan fingerprint density at radius 3 is 2.78 bits per heavy atom. The molecule has 0 amide bonds. The Morgan fingerprint density at radius 2 is 2.11 bits per heavy atom. The van der Waals surface area contributed by atoms with Crippen molar-refractivity contribution in [3.05, 3.63) is 64.4 Å². The molecular weight excluding hydrogens is 244 g/mol. The summed E-state index contributed by atoms with van der Waals surface area (Å²) in [5, 5.41) is 4.12. The summed E-state index contributed by atoms with van der Waals surface area (Å²) in [6, 6.07) is 10.3. The maximum Gasteiger partial charge on any atom is 0.0444 e. The van der Waals surface area contributed by atoms with Crippen molar-refractivity contribution in [1.82, 2.24) is 10.3 Å². The fourth-order valence-corrected chi connectivity index (χ4v) is 2.11. The number of benzene rings is 1. The third-order valence-corrected chi connectivity index (χ3v) is 3.17. The third-order valence-electron chi connectivity index (χ3n) is 2.81. The van der Waals surface area contributed by atoms with Gasteiger partial charge >= 0.3 is 0 Å². The molecule has 0 bridgehead atoms. The van der Waals surface area contributed by atoms with Gasteiger partial charge in [-0.05, 0) is 35.4 Å². The van der Waals surface area contributed by atoms with Crippen LogP contribution in [0.5, 0.6) is 0 Å². The van der Waals surface area contributed by atoms with E-state index in [1.54, 1.807) is 6.20 Å². The Kier molecular flexibility index (Phi) is 4.73. The van der Waals surface area contributed by atoms with E-state index in [1.165, 1.54) is 11.1 Å². The van der Waals surface area contributed by atoms with Gasteiger partial charge in [0.05, 0.1) is 0 Å². The van der Waals surface area contributed by atoms with Gasteiger partial charge in [0, 0.05) is 30.4 Å². The first-order chi connectivity index (χ1) is 8.79. The Hall–Kier alpha value is -1.38. The van der Waals surface area contributed by atoms with Gasteiger partial charge in [-0.1, -0.05) is 36.7 Å². The molecule has 0 spiro atoms. The molecule has 0 atom stereocenters.